The maximum absolute atomic E-state index is 11.4. The van der Waals surface area contributed by atoms with Gasteiger partial charge in [-0.25, -0.2) is 5.84 Å². The number of nitriles is 1. The van der Waals surface area contributed by atoms with E-state index in [1.165, 1.54) is 0 Å². The molecule has 0 aliphatic carbocycles. The summed E-state index contributed by atoms with van der Waals surface area (Å²) >= 11 is 0. The first kappa shape index (κ1) is 16.2. The van der Waals surface area contributed by atoms with Crippen LogP contribution in [0.1, 0.15) is 31.4 Å². The van der Waals surface area contributed by atoms with Gasteiger partial charge in [0.15, 0.2) is 0 Å². The van der Waals surface area contributed by atoms with Crippen molar-refractivity contribution < 1.29 is 4.79 Å². The first-order chi connectivity index (χ1) is 9.58. The van der Waals surface area contributed by atoms with Crippen molar-refractivity contribution in [3.05, 3.63) is 35.4 Å². The number of nitrogens with zero attached hydrogens (tertiary/aromatic N) is 2. The van der Waals surface area contributed by atoms with Crippen molar-refractivity contribution in [1.82, 2.24) is 10.3 Å². The van der Waals surface area contributed by atoms with Crippen LogP contribution >= 0.6 is 0 Å². The van der Waals surface area contributed by atoms with E-state index < -0.39 is 0 Å². The molecule has 0 heterocycles. The molecule has 0 aliphatic rings. The van der Waals surface area contributed by atoms with E-state index in [1.54, 1.807) is 0 Å². The highest BCUT2D eigenvalue weighted by atomic mass is 16.2. The van der Waals surface area contributed by atoms with Gasteiger partial charge in [-0.2, -0.15) is 5.26 Å². The summed E-state index contributed by atoms with van der Waals surface area (Å²) in [5, 5.41) is 8.72. The van der Waals surface area contributed by atoms with Crippen molar-refractivity contribution in [1.29, 1.82) is 5.26 Å². The molecule has 0 aliphatic heterocycles. The summed E-state index contributed by atoms with van der Waals surface area (Å²) in [5.41, 5.74) is 4.23. The minimum atomic E-state index is -0.203. The van der Waals surface area contributed by atoms with Crippen LogP contribution in [0.3, 0.4) is 0 Å². The fourth-order valence-corrected chi connectivity index (χ4v) is 2.04. The summed E-state index contributed by atoms with van der Waals surface area (Å²) in [4.78, 5) is 13.7. The predicted molar refractivity (Wildman–Crippen MR) is 78.3 cm³/mol. The molecule has 0 fully saturated rings. The summed E-state index contributed by atoms with van der Waals surface area (Å²) in [5.74, 6) is 4.94. The van der Waals surface area contributed by atoms with E-state index >= 15 is 0 Å². The molecule has 0 radical (unpaired) electrons. The van der Waals surface area contributed by atoms with Gasteiger partial charge in [-0.3, -0.25) is 15.1 Å². The average molecular weight is 274 g/mol. The van der Waals surface area contributed by atoms with Gasteiger partial charge in [0.05, 0.1) is 12.5 Å². The van der Waals surface area contributed by atoms with Gasteiger partial charge in [-0.1, -0.05) is 24.3 Å². The molecular weight excluding hydrogens is 252 g/mol. The highest BCUT2D eigenvalue weighted by Crippen LogP contribution is 2.14. The zero-order chi connectivity index (χ0) is 15.0. The molecule has 0 spiro atoms. The Balaban J connectivity index is 2.84. The number of nitrogens with one attached hydrogen (secondary N) is 1. The van der Waals surface area contributed by atoms with E-state index in [-0.39, 0.29) is 12.3 Å². The quantitative estimate of drug-likeness (QED) is 0.446. The van der Waals surface area contributed by atoms with Crippen molar-refractivity contribution >= 4 is 5.91 Å². The number of carbonyl (C=O) groups is 1. The zero-order valence-electron chi connectivity index (χ0n) is 12.1. The third kappa shape index (κ3) is 5.00. The lowest BCUT2D eigenvalue weighted by atomic mass is 10.0. The Morgan fingerprint density at radius 1 is 1.40 bits per heavy atom. The summed E-state index contributed by atoms with van der Waals surface area (Å²) in [7, 11) is 0. The van der Waals surface area contributed by atoms with Crippen LogP contribution in [0.25, 0.3) is 0 Å². The second-order valence-corrected chi connectivity index (χ2v) is 4.99. The second-order valence-electron chi connectivity index (χ2n) is 4.99. The van der Waals surface area contributed by atoms with E-state index in [0.717, 1.165) is 24.2 Å². The van der Waals surface area contributed by atoms with Crippen LogP contribution in [0.5, 0.6) is 0 Å². The Bertz CT molecular complexity index is 479. The van der Waals surface area contributed by atoms with Crippen molar-refractivity contribution in [3.8, 4) is 6.07 Å². The molecule has 1 rings (SSSR count). The van der Waals surface area contributed by atoms with Crippen LogP contribution in [0, 0.1) is 11.3 Å². The van der Waals surface area contributed by atoms with Crippen LogP contribution in [-0.2, 0) is 17.8 Å². The number of amides is 1. The van der Waals surface area contributed by atoms with E-state index in [2.05, 4.69) is 30.2 Å². The normalized spacial score (nSPS) is 10.6. The fourth-order valence-electron chi connectivity index (χ4n) is 2.04. The molecular formula is C15H22N4O. The van der Waals surface area contributed by atoms with Gasteiger partial charge in [-0.05, 0) is 25.0 Å². The average Bonchev–Trinajstić information content (AvgIpc) is 2.44. The van der Waals surface area contributed by atoms with Crippen molar-refractivity contribution in [3.63, 3.8) is 0 Å². The van der Waals surface area contributed by atoms with Crippen molar-refractivity contribution in [2.45, 2.75) is 39.3 Å². The third-order valence-corrected chi connectivity index (χ3v) is 3.24. The largest absolute Gasteiger partial charge is 0.296 e. The number of carbonyl (C=O) groups excluding carboxylic acids is 1. The number of hydrazine groups is 1. The molecule has 0 atom stereocenters. The van der Waals surface area contributed by atoms with Gasteiger partial charge in [0.1, 0.15) is 0 Å². The van der Waals surface area contributed by atoms with E-state index in [1.807, 2.05) is 24.3 Å². The lowest BCUT2D eigenvalue weighted by Gasteiger charge is -2.26. The van der Waals surface area contributed by atoms with Crippen LogP contribution in [0.15, 0.2) is 24.3 Å². The molecule has 0 aromatic heterocycles. The first-order valence-corrected chi connectivity index (χ1v) is 6.75. The van der Waals surface area contributed by atoms with Gasteiger partial charge in [0, 0.05) is 25.6 Å². The Hall–Kier alpha value is -1.90. The molecule has 0 saturated carbocycles. The predicted octanol–water partition coefficient (Wildman–Crippen LogP) is 1.34. The lowest BCUT2D eigenvalue weighted by molar-refractivity contribution is -0.120. The Labute approximate surface area is 120 Å². The Kier molecular flexibility index (Phi) is 6.71. The topological polar surface area (TPSA) is 82.2 Å². The molecule has 1 aromatic carbocycles. The van der Waals surface area contributed by atoms with E-state index in [9.17, 15) is 4.79 Å². The molecule has 3 N–H and O–H groups in total. The molecule has 5 nitrogen and oxygen atoms in total. The minimum absolute atomic E-state index is 0.203. The van der Waals surface area contributed by atoms with Crippen LogP contribution in [-0.4, -0.2) is 23.4 Å². The Morgan fingerprint density at radius 3 is 2.60 bits per heavy atom. The number of hydrogen-bond donors (Lipinski definition) is 2. The summed E-state index contributed by atoms with van der Waals surface area (Å²) < 4.78 is 0. The van der Waals surface area contributed by atoms with E-state index in [0.29, 0.717) is 12.5 Å². The van der Waals surface area contributed by atoms with Gasteiger partial charge in [0.25, 0.3) is 0 Å². The Morgan fingerprint density at radius 2 is 2.05 bits per heavy atom. The van der Waals surface area contributed by atoms with Crippen LogP contribution in [0.4, 0.5) is 0 Å². The standard InChI is InChI=1S/C15H22N4O/c1-12(2)19(9-5-8-16)11-14-7-4-3-6-13(14)10-15(20)18-17/h3-4,6-7,12H,5,9-11,17H2,1-2H3,(H,18,20). The molecule has 0 unspecified atom stereocenters. The monoisotopic (exact) mass is 274 g/mol. The maximum Gasteiger partial charge on any atom is 0.238 e. The van der Waals surface area contributed by atoms with Crippen LogP contribution in [0.2, 0.25) is 0 Å². The summed E-state index contributed by atoms with van der Waals surface area (Å²) in [6.45, 7) is 5.66. The number of hydrogen-bond acceptors (Lipinski definition) is 4. The molecule has 108 valence electrons. The molecule has 1 amide bonds. The highest BCUT2D eigenvalue weighted by molar-refractivity contribution is 5.78. The molecule has 1 aromatic rings. The zero-order valence-corrected chi connectivity index (χ0v) is 12.1. The summed E-state index contributed by atoms with van der Waals surface area (Å²) in [6, 6.07) is 10.3. The van der Waals surface area contributed by atoms with E-state index in [4.69, 9.17) is 11.1 Å². The lowest BCUT2D eigenvalue weighted by Crippen LogP contribution is -2.33. The first-order valence-electron chi connectivity index (χ1n) is 6.75. The third-order valence-electron chi connectivity index (χ3n) is 3.24. The number of rotatable bonds is 7. The van der Waals surface area contributed by atoms with Gasteiger partial charge < -0.3 is 0 Å². The van der Waals surface area contributed by atoms with Crippen molar-refractivity contribution in [2.75, 3.05) is 6.54 Å². The molecule has 5 heteroatoms. The molecule has 0 saturated heterocycles. The maximum atomic E-state index is 11.4. The van der Waals surface area contributed by atoms with Gasteiger partial charge in [-0.15, -0.1) is 0 Å². The highest BCUT2D eigenvalue weighted by Gasteiger charge is 2.13. The summed E-state index contributed by atoms with van der Waals surface area (Å²) in [6.07, 6.45) is 0.778. The minimum Gasteiger partial charge on any atom is -0.296 e. The number of nitrogens with two attached hydrogens (primary N) is 1. The van der Waals surface area contributed by atoms with Gasteiger partial charge in [0.2, 0.25) is 5.91 Å². The van der Waals surface area contributed by atoms with Crippen molar-refractivity contribution in [2.24, 2.45) is 5.84 Å². The second kappa shape index (κ2) is 8.31. The smallest absolute Gasteiger partial charge is 0.238 e. The number of benzene rings is 1. The SMILES string of the molecule is CC(C)N(CCC#N)Cc1ccccc1CC(=O)NN. The van der Waals surface area contributed by atoms with Gasteiger partial charge >= 0.3 is 0 Å². The van der Waals surface area contributed by atoms with Crippen LogP contribution < -0.4 is 11.3 Å². The fraction of sp³-hybridized carbons (Fsp3) is 0.467. The molecule has 0 bridgehead atoms. The molecule has 20 heavy (non-hydrogen) atoms.